The van der Waals surface area contributed by atoms with E-state index in [4.69, 9.17) is 14.5 Å². The minimum absolute atomic E-state index is 0.0677. The van der Waals surface area contributed by atoms with Crippen molar-refractivity contribution in [2.45, 2.75) is 101 Å². The number of rotatable bonds is 16. The van der Waals surface area contributed by atoms with E-state index in [0.717, 1.165) is 66.9 Å². The van der Waals surface area contributed by atoms with Crippen LogP contribution in [0.15, 0.2) is 124 Å². The van der Waals surface area contributed by atoms with E-state index in [1.165, 1.54) is 12.1 Å². The predicted octanol–water partition coefficient (Wildman–Crippen LogP) is 10.7. The lowest BCUT2D eigenvalue weighted by molar-refractivity contribution is -0.129. The first kappa shape index (κ1) is 55.8. The van der Waals surface area contributed by atoms with E-state index in [2.05, 4.69) is 60.8 Å². The highest BCUT2D eigenvalue weighted by Gasteiger charge is 2.23. The third-order valence-electron chi connectivity index (χ3n) is 11.9. The van der Waals surface area contributed by atoms with Crippen LogP contribution in [0.5, 0.6) is 23.0 Å². The molecule has 2 amide bonds. The molecule has 384 valence electrons. The molecule has 6 aromatic rings. The van der Waals surface area contributed by atoms with Gasteiger partial charge < -0.3 is 46.3 Å². The summed E-state index contributed by atoms with van der Waals surface area (Å²) in [5.41, 5.74) is 13.0. The normalized spacial score (nSPS) is 12.9. The molecular weight excluding hydrogens is 917 g/mol. The second kappa shape index (κ2) is 25.8. The van der Waals surface area contributed by atoms with E-state index in [-0.39, 0.29) is 29.7 Å². The number of hydrogen-bond donors (Lipinski definition) is 7. The second-order valence-corrected chi connectivity index (χ2v) is 17.9. The van der Waals surface area contributed by atoms with Gasteiger partial charge in [0.15, 0.2) is 18.0 Å². The minimum atomic E-state index is -0.989. The maximum atomic E-state index is 13.1. The molecule has 0 fully saturated rings. The lowest BCUT2D eigenvalue weighted by atomic mass is 10.0. The van der Waals surface area contributed by atoms with Crippen LogP contribution < -0.4 is 36.1 Å². The molecule has 7 N–H and O–H groups in total. The van der Waals surface area contributed by atoms with Gasteiger partial charge in [0.25, 0.3) is 11.8 Å². The van der Waals surface area contributed by atoms with Crippen molar-refractivity contribution in [1.29, 1.82) is 0 Å². The molecule has 0 spiro atoms. The first-order chi connectivity index (χ1) is 34.8. The van der Waals surface area contributed by atoms with Crippen molar-refractivity contribution in [3.8, 4) is 23.0 Å². The average Bonchev–Trinajstić information content (AvgIpc) is 3.34. The number of aromatic hydroxyl groups is 2. The number of carbonyl (C=O) groups excluding carboxylic acids is 2. The first-order valence-corrected chi connectivity index (χ1v) is 24.5. The highest BCUT2D eigenvalue weighted by molar-refractivity contribution is 6.17. The Morgan fingerprint density at radius 3 is 1.45 bits per heavy atom. The minimum Gasteiger partial charge on any atom is -0.507 e. The lowest BCUT2D eigenvalue weighted by Crippen LogP contribution is -2.46. The molecule has 3 atom stereocenters. The summed E-state index contributed by atoms with van der Waals surface area (Å²) in [6.45, 7) is 23.1. The topological polar surface area (TPSA) is 190 Å². The van der Waals surface area contributed by atoms with Crippen LogP contribution in [0.2, 0.25) is 0 Å². The summed E-state index contributed by atoms with van der Waals surface area (Å²) in [4.78, 5) is 40.3. The summed E-state index contributed by atoms with van der Waals surface area (Å²) in [5, 5.41) is 38.3. The Balaban J connectivity index is 0.00000488. The monoisotopic (exact) mass is 989 g/mol. The van der Waals surface area contributed by atoms with E-state index in [9.17, 15) is 19.8 Å². The Hall–Kier alpha value is -8.13. The summed E-state index contributed by atoms with van der Waals surface area (Å²) >= 11 is 0. The van der Waals surface area contributed by atoms with Crippen molar-refractivity contribution in [3.63, 3.8) is 0 Å². The standard InChI is InChI=1S/C57H66N8O6.C2H6/c1-32-13-19-44(36(5)25-32)52(58-11)64-54(46-21-15-34(3)27-38(46)7)63-49-24-18-43(30-51(49)67)71-41(10)57(69)61-31-60-56(68)40(9)70-42-17-22-47(50(66)29-42)55(62-48-23-16-35(4)28-39(48)8)65-53(59-12)45-20-14-33(2)26-37(45)6;1-2/h13-30,40-41,55,62,66-67H,31H2,1-12H3,(H,59,65)(H,60,68)(H,61,69)(H,58,63,64);1-2H3. The molecule has 3 unspecified atom stereocenters. The van der Waals surface area contributed by atoms with Crippen LogP contribution >= 0.6 is 0 Å². The molecule has 14 nitrogen and oxygen atoms in total. The highest BCUT2D eigenvalue weighted by Crippen LogP contribution is 2.33. The fourth-order valence-electron chi connectivity index (χ4n) is 8.12. The molecule has 6 aromatic carbocycles. The smallest absolute Gasteiger partial charge is 0.262 e. The van der Waals surface area contributed by atoms with E-state index in [0.29, 0.717) is 28.8 Å². The molecule has 0 bridgehead atoms. The Morgan fingerprint density at radius 2 is 0.986 bits per heavy atom. The van der Waals surface area contributed by atoms with Crippen LogP contribution in [-0.4, -0.2) is 72.5 Å². The van der Waals surface area contributed by atoms with Crippen LogP contribution in [-0.2, 0) is 9.59 Å². The summed E-state index contributed by atoms with van der Waals surface area (Å²) in [5.74, 6) is 0.961. The molecule has 0 radical (unpaired) electrons. The maximum Gasteiger partial charge on any atom is 0.262 e. The summed E-state index contributed by atoms with van der Waals surface area (Å²) < 4.78 is 11.8. The third-order valence-corrected chi connectivity index (χ3v) is 11.9. The number of hydrogen-bond acceptors (Lipinski definition) is 9. The molecule has 0 aliphatic rings. The summed E-state index contributed by atoms with van der Waals surface area (Å²) in [6.07, 6.45) is -2.59. The number of amides is 2. The van der Waals surface area contributed by atoms with Crippen LogP contribution in [0.4, 0.5) is 11.4 Å². The molecule has 14 heteroatoms. The Bertz CT molecular complexity index is 3020. The number of aliphatic imine (C=N–C) groups is 3. The number of amidine groups is 3. The Morgan fingerprint density at radius 1 is 0.534 bits per heavy atom. The lowest BCUT2D eigenvalue weighted by Gasteiger charge is -2.26. The summed E-state index contributed by atoms with van der Waals surface area (Å²) in [7, 11) is 3.42. The SMILES string of the molecule is CC.CN=C(N=C(Nc1ccc(OC(C)C(=O)NCNC(=O)C(C)Oc2ccc(C(NC(=NC)c3ccc(C)cc3C)Nc3ccc(C)cc3C)c(O)c2)cc1O)c1ccc(C)cc1C)c1ccc(C)cc1C. The number of nitrogens with zero attached hydrogens (tertiary/aromatic N) is 3. The van der Waals surface area contributed by atoms with Gasteiger partial charge in [-0.05, 0) is 122 Å². The number of phenols is 2. The zero-order valence-corrected chi connectivity index (χ0v) is 44.7. The van der Waals surface area contributed by atoms with Gasteiger partial charge in [-0.2, -0.15) is 0 Å². The number of benzene rings is 6. The molecule has 73 heavy (non-hydrogen) atoms. The Kier molecular flexibility index (Phi) is 19.7. The number of carbonyl (C=O) groups is 2. The molecule has 0 aromatic heterocycles. The van der Waals surface area contributed by atoms with Crippen LogP contribution in [0.25, 0.3) is 0 Å². The van der Waals surface area contributed by atoms with Gasteiger partial charge in [0, 0.05) is 54.2 Å². The van der Waals surface area contributed by atoms with Gasteiger partial charge >= 0.3 is 0 Å². The van der Waals surface area contributed by atoms with Gasteiger partial charge in [0.05, 0.1) is 12.4 Å². The number of nitrogens with one attached hydrogen (secondary N) is 5. The second-order valence-electron chi connectivity index (χ2n) is 17.9. The first-order valence-electron chi connectivity index (χ1n) is 24.5. The van der Waals surface area contributed by atoms with Gasteiger partial charge in [-0.3, -0.25) is 19.6 Å². The van der Waals surface area contributed by atoms with Gasteiger partial charge in [-0.25, -0.2) is 4.99 Å². The van der Waals surface area contributed by atoms with Gasteiger partial charge in [0.2, 0.25) is 0 Å². The zero-order chi connectivity index (χ0) is 53.5. The highest BCUT2D eigenvalue weighted by atomic mass is 16.5. The molecule has 0 saturated heterocycles. The summed E-state index contributed by atoms with van der Waals surface area (Å²) in [6, 6.07) is 34.0. The van der Waals surface area contributed by atoms with Gasteiger partial charge in [-0.15, -0.1) is 0 Å². The number of phenolic OH excluding ortho intramolecular Hbond substituents is 2. The number of aryl methyl sites for hydroxylation is 8. The van der Waals surface area contributed by atoms with E-state index >= 15 is 0 Å². The van der Waals surface area contributed by atoms with Crippen molar-refractivity contribution >= 4 is 40.7 Å². The van der Waals surface area contributed by atoms with Gasteiger partial charge in [0.1, 0.15) is 40.8 Å². The molecule has 0 saturated carbocycles. The van der Waals surface area contributed by atoms with Crippen molar-refractivity contribution in [2.24, 2.45) is 15.0 Å². The van der Waals surface area contributed by atoms with Crippen molar-refractivity contribution in [1.82, 2.24) is 16.0 Å². The Labute approximate surface area is 431 Å². The third kappa shape index (κ3) is 15.0. The molecule has 6 rings (SSSR count). The average molecular weight is 989 g/mol. The van der Waals surface area contributed by atoms with Crippen molar-refractivity contribution in [2.75, 3.05) is 31.4 Å². The molecule has 0 heterocycles. The van der Waals surface area contributed by atoms with Crippen LogP contribution in [0.3, 0.4) is 0 Å². The predicted molar refractivity (Wildman–Crippen MR) is 297 cm³/mol. The van der Waals surface area contributed by atoms with Crippen molar-refractivity contribution in [3.05, 3.63) is 176 Å². The zero-order valence-electron chi connectivity index (χ0n) is 44.7. The van der Waals surface area contributed by atoms with Gasteiger partial charge in [-0.1, -0.05) is 103 Å². The van der Waals surface area contributed by atoms with Crippen molar-refractivity contribution < 1.29 is 29.3 Å². The molecular formula is C59H72N8O6. The largest absolute Gasteiger partial charge is 0.507 e. The van der Waals surface area contributed by atoms with Crippen LogP contribution in [0.1, 0.15) is 101 Å². The maximum absolute atomic E-state index is 13.1. The molecule has 0 aliphatic carbocycles. The molecule has 0 aliphatic heterocycles. The van der Waals surface area contributed by atoms with Crippen LogP contribution in [0, 0.1) is 55.4 Å². The fraction of sp³-hybridized carbons (Fsp3) is 0.305. The van der Waals surface area contributed by atoms with E-state index < -0.39 is 30.2 Å². The van der Waals surface area contributed by atoms with E-state index in [1.54, 1.807) is 52.2 Å². The fourth-order valence-corrected chi connectivity index (χ4v) is 8.12. The number of ether oxygens (including phenoxy) is 2. The van der Waals surface area contributed by atoms with E-state index in [1.807, 2.05) is 118 Å². The quantitative estimate of drug-likeness (QED) is 0.0214. The number of anilines is 2.